The van der Waals surface area contributed by atoms with E-state index in [1.807, 2.05) is 41.5 Å². The third-order valence-electron chi connectivity index (χ3n) is 9.10. The van der Waals surface area contributed by atoms with Crippen molar-refractivity contribution in [2.45, 2.75) is 59.2 Å². The highest BCUT2D eigenvalue weighted by molar-refractivity contribution is 6.12. The summed E-state index contributed by atoms with van der Waals surface area (Å²) in [5.74, 6) is -0.914. The number of imide groups is 1. The van der Waals surface area contributed by atoms with Gasteiger partial charge in [0.15, 0.2) is 0 Å². The first-order valence-corrected chi connectivity index (χ1v) is 25.8. The molecule has 0 aliphatic carbocycles. The minimum atomic E-state index is -0.637. The molecule has 24 heteroatoms. The first kappa shape index (κ1) is 69.0. The Labute approximate surface area is 439 Å². The predicted molar refractivity (Wildman–Crippen MR) is 267 cm³/mol. The van der Waals surface area contributed by atoms with Crippen LogP contribution in [0.2, 0.25) is 0 Å². The Morgan fingerprint density at radius 3 is 0.838 bits per heavy atom. The monoisotopic (exact) mass is 1070 g/mol. The SMILES string of the molecule is CC(C)(C)OC(=O)CCOCCOCCOCCOCCOCCOCCOCCOCCN(CCOCCOCCOCCOCCOCCOCCOCCOCCN1C(=O)C=CC1=O)C(=O)OC(C)(C)C. The molecular weight excluding hydrogens is 981 g/mol. The lowest BCUT2D eigenvalue weighted by atomic mass is 10.2. The lowest BCUT2D eigenvalue weighted by molar-refractivity contribution is -0.156. The van der Waals surface area contributed by atoms with Gasteiger partial charge >= 0.3 is 12.1 Å². The second-order valence-corrected chi connectivity index (χ2v) is 17.8. The topological polar surface area (TPSA) is 241 Å². The summed E-state index contributed by atoms with van der Waals surface area (Å²) in [4.78, 5) is 50.0. The van der Waals surface area contributed by atoms with E-state index in [-0.39, 0.29) is 37.4 Å². The van der Waals surface area contributed by atoms with E-state index >= 15 is 0 Å². The predicted octanol–water partition coefficient (Wildman–Crippen LogP) is 2.15. The molecule has 0 aromatic heterocycles. The van der Waals surface area contributed by atoms with E-state index in [0.717, 1.165) is 4.90 Å². The van der Waals surface area contributed by atoms with Gasteiger partial charge in [-0.05, 0) is 41.5 Å². The molecule has 0 atom stereocenters. The van der Waals surface area contributed by atoms with E-state index < -0.39 is 17.3 Å². The van der Waals surface area contributed by atoms with Crippen LogP contribution in [-0.2, 0) is 99.6 Å². The summed E-state index contributed by atoms with van der Waals surface area (Å²) in [6.45, 7) is 24.9. The minimum absolute atomic E-state index is 0.215. The van der Waals surface area contributed by atoms with Crippen molar-refractivity contribution >= 4 is 23.9 Å². The number of carbonyl (C=O) groups excluding carboxylic acids is 4. The third-order valence-corrected chi connectivity index (χ3v) is 9.10. The molecule has 0 fully saturated rings. The van der Waals surface area contributed by atoms with Crippen LogP contribution < -0.4 is 0 Å². The third kappa shape index (κ3) is 47.4. The molecular formula is C50H92N2O22. The summed E-state index contributed by atoms with van der Waals surface area (Å²) in [5.41, 5.74) is -1.13. The van der Waals surface area contributed by atoms with E-state index in [0.29, 0.717) is 218 Å². The first-order valence-electron chi connectivity index (χ1n) is 25.8. The Kier molecular flexibility index (Phi) is 45.1. The summed E-state index contributed by atoms with van der Waals surface area (Å²) in [6.07, 6.45) is 2.27. The standard InChI is InChI=1S/C50H92N2O22/c1-49(2,3)73-47(55)9-13-57-17-21-61-25-29-65-33-37-69-41-42-70-38-34-66-30-26-62-22-18-58-14-10-51(48(56)74-50(4,5)6)11-15-59-19-23-63-27-31-67-35-39-71-43-44-72-40-36-68-32-28-64-24-20-60-16-12-52-45(53)7-8-46(52)54/h7-8H,9-44H2,1-6H3. The molecule has 0 saturated heterocycles. The fraction of sp³-hybridized carbons (Fsp3) is 0.880. The lowest BCUT2D eigenvalue weighted by Crippen LogP contribution is -2.40. The van der Waals surface area contributed by atoms with E-state index in [2.05, 4.69) is 0 Å². The zero-order valence-corrected chi connectivity index (χ0v) is 45.5. The number of ether oxygens (including phenoxy) is 18. The van der Waals surface area contributed by atoms with Crippen molar-refractivity contribution in [2.24, 2.45) is 0 Å². The van der Waals surface area contributed by atoms with Gasteiger partial charge in [0.05, 0.1) is 224 Å². The average molecular weight is 1070 g/mol. The van der Waals surface area contributed by atoms with E-state index in [1.165, 1.54) is 12.2 Å². The van der Waals surface area contributed by atoms with Crippen LogP contribution in [-0.4, -0.2) is 276 Å². The van der Waals surface area contributed by atoms with Crippen molar-refractivity contribution in [3.63, 3.8) is 0 Å². The molecule has 24 nitrogen and oxygen atoms in total. The Morgan fingerprint density at radius 1 is 0.351 bits per heavy atom. The molecule has 1 aliphatic rings. The summed E-state index contributed by atoms with van der Waals surface area (Å²) >= 11 is 0. The molecule has 1 rings (SSSR count). The second kappa shape index (κ2) is 48.4. The van der Waals surface area contributed by atoms with Crippen LogP contribution in [0.25, 0.3) is 0 Å². The Balaban J connectivity index is 1.85. The van der Waals surface area contributed by atoms with E-state index in [4.69, 9.17) is 85.3 Å². The summed E-state index contributed by atoms with van der Waals surface area (Å²) in [7, 11) is 0. The normalized spacial score (nSPS) is 12.9. The van der Waals surface area contributed by atoms with Crippen LogP contribution in [0.3, 0.4) is 0 Å². The van der Waals surface area contributed by atoms with Gasteiger partial charge in [-0.15, -0.1) is 0 Å². The number of carbonyl (C=O) groups is 4. The Morgan fingerprint density at radius 2 is 0.581 bits per heavy atom. The number of esters is 1. The molecule has 1 heterocycles. The second-order valence-electron chi connectivity index (χ2n) is 17.8. The van der Waals surface area contributed by atoms with Crippen molar-refractivity contribution in [3.05, 3.63) is 12.2 Å². The molecule has 0 spiro atoms. The highest BCUT2D eigenvalue weighted by Crippen LogP contribution is 2.10. The fourth-order valence-electron chi connectivity index (χ4n) is 5.61. The molecule has 0 N–H and O–H groups in total. The van der Waals surface area contributed by atoms with Gasteiger partial charge in [-0.2, -0.15) is 0 Å². The van der Waals surface area contributed by atoms with Crippen LogP contribution in [0.5, 0.6) is 0 Å². The number of hydrogen-bond acceptors (Lipinski definition) is 22. The van der Waals surface area contributed by atoms with Gasteiger partial charge in [-0.3, -0.25) is 19.3 Å². The molecule has 0 aromatic carbocycles. The van der Waals surface area contributed by atoms with Crippen LogP contribution in [0.15, 0.2) is 12.2 Å². The quantitative estimate of drug-likeness (QED) is 0.0482. The Hall–Kier alpha value is -3.02. The first-order chi connectivity index (χ1) is 35.8. The van der Waals surface area contributed by atoms with Crippen molar-refractivity contribution in [2.75, 3.05) is 231 Å². The number of nitrogens with zero attached hydrogens (tertiary/aromatic N) is 2. The van der Waals surface area contributed by atoms with Crippen molar-refractivity contribution in [1.29, 1.82) is 0 Å². The number of hydrogen-bond donors (Lipinski definition) is 0. The molecule has 0 saturated carbocycles. The smallest absolute Gasteiger partial charge is 0.410 e. The van der Waals surface area contributed by atoms with Gasteiger partial charge in [0.25, 0.3) is 11.8 Å². The maximum Gasteiger partial charge on any atom is 0.410 e. The molecule has 0 unspecified atom stereocenters. The van der Waals surface area contributed by atoms with Crippen molar-refractivity contribution in [1.82, 2.24) is 9.80 Å². The van der Waals surface area contributed by atoms with Crippen LogP contribution in [0, 0.1) is 0 Å². The molecule has 0 aromatic rings. The molecule has 0 bridgehead atoms. The van der Waals surface area contributed by atoms with Gasteiger partial charge in [-0.25, -0.2) is 4.79 Å². The minimum Gasteiger partial charge on any atom is -0.460 e. The van der Waals surface area contributed by atoms with Crippen LogP contribution in [0.1, 0.15) is 48.0 Å². The zero-order valence-electron chi connectivity index (χ0n) is 45.5. The molecule has 74 heavy (non-hydrogen) atoms. The summed E-state index contributed by atoms with van der Waals surface area (Å²) in [5, 5.41) is 0. The van der Waals surface area contributed by atoms with Crippen LogP contribution in [0.4, 0.5) is 4.79 Å². The fourth-order valence-corrected chi connectivity index (χ4v) is 5.61. The highest BCUT2D eigenvalue weighted by Gasteiger charge is 2.23. The molecule has 0 radical (unpaired) electrons. The average Bonchev–Trinajstić information content (AvgIpc) is 3.66. The lowest BCUT2D eigenvalue weighted by Gasteiger charge is -2.27. The number of amides is 3. The molecule has 434 valence electrons. The largest absolute Gasteiger partial charge is 0.460 e. The molecule has 3 amide bonds. The Bertz CT molecular complexity index is 1370. The maximum atomic E-state index is 12.8. The summed E-state index contributed by atoms with van der Waals surface area (Å²) in [6, 6.07) is 0. The number of rotatable bonds is 54. The van der Waals surface area contributed by atoms with Gasteiger partial charge in [0.2, 0.25) is 0 Å². The van der Waals surface area contributed by atoms with Crippen LogP contribution >= 0.6 is 0 Å². The van der Waals surface area contributed by atoms with E-state index in [1.54, 1.807) is 4.90 Å². The van der Waals surface area contributed by atoms with Gasteiger partial charge in [-0.1, -0.05) is 0 Å². The van der Waals surface area contributed by atoms with Gasteiger partial charge in [0.1, 0.15) is 11.2 Å². The maximum absolute atomic E-state index is 12.8. The molecule has 1 aliphatic heterocycles. The van der Waals surface area contributed by atoms with Crippen molar-refractivity contribution < 1.29 is 104 Å². The van der Waals surface area contributed by atoms with Gasteiger partial charge < -0.3 is 90.2 Å². The van der Waals surface area contributed by atoms with E-state index in [9.17, 15) is 19.2 Å². The van der Waals surface area contributed by atoms with Crippen molar-refractivity contribution in [3.8, 4) is 0 Å². The van der Waals surface area contributed by atoms with Gasteiger partial charge in [0, 0.05) is 25.2 Å². The highest BCUT2D eigenvalue weighted by atomic mass is 16.6. The zero-order chi connectivity index (χ0) is 54.1. The summed E-state index contributed by atoms with van der Waals surface area (Å²) < 4.78 is 99.0.